The summed E-state index contributed by atoms with van der Waals surface area (Å²) >= 11 is 1.40. The molecule has 2 aromatic carbocycles. The van der Waals surface area contributed by atoms with Crippen molar-refractivity contribution in [3.05, 3.63) is 87.6 Å². The molecule has 0 saturated carbocycles. The zero-order valence-corrected chi connectivity index (χ0v) is 17.6. The first-order valence-electron chi connectivity index (χ1n) is 9.41. The molecule has 3 aromatic rings. The van der Waals surface area contributed by atoms with E-state index >= 15 is 0 Å². The molecule has 1 heterocycles. The molecule has 2 N–H and O–H groups in total. The number of likely N-dealkylation sites (N-methyl/N-ethyl adjacent to an activating group) is 1. The molecule has 0 fully saturated rings. The predicted molar refractivity (Wildman–Crippen MR) is 114 cm³/mol. The van der Waals surface area contributed by atoms with E-state index in [1.165, 1.54) is 23.5 Å². The van der Waals surface area contributed by atoms with Gasteiger partial charge in [-0.1, -0.05) is 42.5 Å². The number of halogens is 1. The fraction of sp³-hybridized carbons (Fsp3) is 0.227. The summed E-state index contributed by atoms with van der Waals surface area (Å²) in [4.78, 5) is 30.5. The van der Waals surface area contributed by atoms with Gasteiger partial charge < -0.3 is 0 Å². The molecule has 1 atom stereocenters. The number of carbonyl (C=O) groups excluding carboxylic acids is 2. The third-order valence-electron chi connectivity index (χ3n) is 4.45. The lowest BCUT2D eigenvalue weighted by molar-refractivity contribution is -0.129. The minimum absolute atomic E-state index is 0.0353. The monoisotopic (exact) mass is 426 g/mol. The van der Waals surface area contributed by atoms with E-state index < -0.39 is 0 Å². The van der Waals surface area contributed by atoms with E-state index in [1.54, 1.807) is 19.2 Å². The molecule has 6 nitrogen and oxygen atoms in total. The highest BCUT2D eigenvalue weighted by Gasteiger charge is 2.21. The Bertz CT molecular complexity index is 992. The van der Waals surface area contributed by atoms with Gasteiger partial charge in [-0.25, -0.2) is 9.37 Å². The van der Waals surface area contributed by atoms with Crippen LogP contribution in [0.5, 0.6) is 0 Å². The molecule has 0 aliphatic heterocycles. The first-order chi connectivity index (χ1) is 14.4. The lowest BCUT2D eigenvalue weighted by Crippen LogP contribution is -2.46. The summed E-state index contributed by atoms with van der Waals surface area (Å²) in [5, 5.41) is 2.56. The third kappa shape index (κ3) is 5.95. The molecule has 156 valence electrons. The first kappa shape index (κ1) is 21.6. The molecule has 0 aliphatic carbocycles. The number of rotatable bonds is 7. The topological polar surface area (TPSA) is 74.3 Å². The van der Waals surface area contributed by atoms with Crippen LogP contribution in [0.4, 0.5) is 4.39 Å². The SMILES string of the molecule is Cc1csc(CC(=O)NNC(=O)CN(C)C(c2ccccc2)c2ccc(F)cc2)n1. The Morgan fingerprint density at radius 2 is 1.67 bits per heavy atom. The summed E-state index contributed by atoms with van der Waals surface area (Å²) in [7, 11) is 1.81. The number of nitrogens with zero attached hydrogens (tertiary/aromatic N) is 2. The maximum atomic E-state index is 13.4. The molecule has 2 amide bonds. The zero-order chi connectivity index (χ0) is 21.5. The molecule has 1 unspecified atom stereocenters. The second-order valence-corrected chi connectivity index (χ2v) is 7.88. The van der Waals surface area contributed by atoms with Crippen molar-refractivity contribution in [2.75, 3.05) is 13.6 Å². The molecule has 3 rings (SSSR count). The maximum absolute atomic E-state index is 13.4. The van der Waals surface area contributed by atoms with Gasteiger partial charge in [-0.3, -0.25) is 25.3 Å². The number of hydrazine groups is 1. The predicted octanol–water partition coefficient (Wildman–Crippen LogP) is 3.00. The molecule has 0 bridgehead atoms. The Balaban J connectivity index is 1.62. The van der Waals surface area contributed by atoms with E-state index in [2.05, 4.69) is 15.8 Å². The molecule has 0 saturated heterocycles. The van der Waals surface area contributed by atoms with Crippen molar-refractivity contribution in [1.82, 2.24) is 20.7 Å². The number of aryl methyl sites for hydroxylation is 1. The van der Waals surface area contributed by atoms with Crippen molar-refractivity contribution >= 4 is 23.2 Å². The van der Waals surface area contributed by atoms with Crippen LogP contribution in [-0.2, 0) is 16.0 Å². The highest BCUT2D eigenvalue weighted by Crippen LogP contribution is 2.27. The van der Waals surface area contributed by atoms with Crippen molar-refractivity contribution in [3.63, 3.8) is 0 Å². The van der Waals surface area contributed by atoms with Crippen LogP contribution in [0.15, 0.2) is 60.0 Å². The van der Waals surface area contributed by atoms with E-state index in [-0.39, 0.29) is 36.6 Å². The largest absolute Gasteiger partial charge is 0.286 e. The van der Waals surface area contributed by atoms with Crippen molar-refractivity contribution in [1.29, 1.82) is 0 Å². The van der Waals surface area contributed by atoms with Crippen LogP contribution >= 0.6 is 11.3 Å². The molecule has 0 aliphatic rings. The fourth-order valence-corrected chi connectivity index (χ4v) is 3.91. The van der Waals surface area contributed by atoms with Crippen LogP contribution in [0.1, 0.15) is 27.9 Å². The van der Waals surface area contributed by atoms with Crippen LogP contribution in [0.25, 0.3) is 0 Å². The van der Waals surface area contributed by atoms with Gasteiger partial charge in [0.25, 0.3) is 5.91 Å². The standard InChI is InChI=1S/C22H23FN4O2S/c1-15-14-30-21(24-15)12-19(28)25-26-20(29)13-27(2)22(16-6-4-3-5-7-16)17-8-10-18(23)11-9-17/h3-11,14,22H,12-13H2,1-2H3,(H,25,28)(H,26,29). The van der Waals surface area contributed by atoms with Crippen LogP contribution in [-0.4, -0.2) is 35.3 Å². The number of aromatic nitrogens is 1. The van der Waals surface area contributed by atoms with Gasteiger partial charge in [0.15, 0.2) is 0 Å². The maximum Gasteiger partial charge on any atom is 0.252 e. The summed E-state index contributed by atoms with van der Waals surface area (Å²) in [6, 6.07) is 15.6. The van der Waals surface area contributed by atoms with Crippen LogP contribution in [0.2, 0.25) is 0 Å². The van der Waals surface area contributed by atoms with Crippen molar-refractivity contribution in [2.24, 2.45) is 0 Å². The van der Waals surface area contributed by atoms with Crippen molar-refractivity contribution < 1.29 is 14.0 Å². The molecule has 8 heteroatoms. The van der Waals surface area contributed by atoms with E-state index in [0.717, 1.165) is 16.8 Å². The van der Waals surface area contributed by atoms with Gasteiger partial charge in [0.1, 0.15) is 10.8 Å². The van der Waals surface area contributed by atoms with Gasteiger partial charge in [0, 0.05) is 11.1 Å². The number of thiazole rings is 1. The quantitative estimate of drug-likeness (QED) is 0.570. The summed E-state index contributed by atoms with van der Waals surface area (Å²) in [6.07, 6.45) is 0.108. The van der Waals surface area contributed by atoms with Gasteiger partial charge in [0.05, 0.1) is 19.0 Å². The molecule has 1 aromatic heterocycles. The Labute approximate surface area is 178 Å². The smallest absolute Gasteiger partial charge is 0.252 e. The fourth-order valence-electron chi connectivity index (χ4n) is 3.14. The number of amides is 2. The van der Waals surface area contributed by atoms with E-state index in [9.17, 15) is 14.0 Å². The van der Waals surface area contributed by atoms with E-state index in [0.29, 0.717) is 5.01 Å². The van der Waals surface area contributed by atoms with Gasteiger partial charge in [0.2, 0.25) is 5.91 Å². The van der Waals surface area contributed by atoms with Crippen molar-refractivity contribution in [2.45, 2.75) is 19.4 Å². The number of nitrogens with one attached hydrogen (secondary N) is 2. The Morgan fingerprint density at radius 3 is 2.30 bits per heavy atom. The van der Waals surface area contributed by atoms with Gasteiger partial charge in [-0.2, -0.15) is 0 Å². The highest BCUT2D eigenvalue weighted by atomic mass is 32.1. The third-order valence-corrected chi connectivity index (χ3v) is 5.42. The first-order valence-corrected chi connectivity index (χ1v) is 10.3. The van der Waals surface area contributed by atoms with Gasteiger partial charge >= 0.3 is 0 Å². The Hall–Kier alpha value is -3.10. The number of benzene rings is 2. The lowest BCUT2D eigenvalue weighted by atomic mass is 9.97. The second kappa shape index (κ2) is 10.1. The molecule has 30 heavy (non-hydrogen) atoms. The van der Waals surface area contributed by atoms with E-state index in [4.69, 9.17) is 0 Å². The summed E-state index contributed by atoms with van der Waals surface area (Å²) in [5.41, 5.74) is 7.57. The minimum Gasteiger partial charge on any atom is -0.286 e. The zero-order valence-electron chi connectivity index (χ0n) is 16.8. The molecular formula is C22H23FN4O2S. The van der Waals surface area contributed by atoms with Gasteiger partial charge in [-0.05, 0) is 37.2 Å². The van der Waals surface area contributed by atoms with E-state index in [1.807, 2.05) is 47.5 Å². The summed E-state index contributed by atoms with van der Waals surface area (Å²) < 4.78 is 13.4. The van der Waals surface area contributed by atoms with Crippen molar-refractivity contribution in [3.8, 4) is 0 Å². The molecule has 0 radical (unpaired) electrons. The average molecular weight is 427 g/mol. The average Bonchev–Trinajstić information content (AvgIpc) is 3.13. The molecular weight excluding hydrogens is 403 g/mol. The number of hydrogen-bond donors (Lipinski definition) is 2. The molecule has 0 spiro atoms. The normalized spacial score (nSPS) is 11.9. The summed E-state index contributed by atoms with van der Waals surface area (Å²) in [6.45, 7) is 1.90. The number of hydrogen-bond acceptors (Lipinski definition) is 5. The Kier molecular flexibility index (Phi) is 7.26. The second-order valence-electron chi connectivity index (χ2n) is 6.94. The highest BCUT2D eigenvalue weighted by molar-refractivity contribution is 7.09. The Morgan fingerprint density at radius 1 is 1.03 bits per heavy atom. The minimum atomic E-state index is -0.357. The summed E-state index contributed by atoms with van der Waals surface area (Å²) in [5.74, 6) is -1.01. The van der Waals surface area contributed by atoms with Crippen LogP contribution in [0.3, 0.4) is 0 Å². The van der Waals surface area contributed by atoms with Gasteiger partial charge in [-0.15, -0.1) is 11.3 Å². The number of carbonyl (C=O) groups is 2. The van der Waals surface area contributed by atoms with Crippen LogP contribution < -0.4 is 10.9 Å². The van der Waals surface area contributed by atoms with Crippen LogP contribution in [0, 0.1) is 12.7 Å². The lowest BCUT2D eigenvalue weighted by Gasteiger charge is -2.28.